The number of benzene rings is 2. The van der Waals surface area contributed by atoms with Crippen molar-refractivity contribution < 1.29 is 14.3 Å². The van der Waals surface area contributed by atoms with E-state index in [1.807, 2.05) is 38.1 Å². The van der Waals surface area contributed by atoms with Gasteiger partial charge in [-0.15, -0.1) is 0 Å². The average Bonchev–Trinajstić information content (AvgIpc) is 2.58. The van der Waals surface area contributed by atoms with Crippen LogP contribution < -0.4 is 5.32 Å². The molecule has 2 aromatic rings. The minimum Gasteiger partial charge on any atom is -0.452 e. The van der Waals surface area contributed by atoms with E-state index in [1.165, 1.54) is 12.1 Å². The van der Waals surface area contributed by atoms with Gasteiger partial charge in [-0.25, -0.2) is 4.79 Å². The third-order valence-corrected chi connectivity index (χ3v) is 4.35. The minimum atomic E-state index is -0.728. The van der Waals surface area contributed by atoms with Gasteiger partial charge < -0.3 is 10.1 Å². The molecule has 0 aliphatic heterocycles. The Morgan fingerprint density at radius 3 is 2.24 bits per heavy atom. The topological polar surface area (TPSA) is 55.4 Å². The number of nitrogens with one attached hydrogen (secondary N) is 1. The van der Waals surface area contributed by atoms with Crippen molar-refractivity contribution in [2.75, 3.05) is 6.61 Å². The molecule has 4 nitrogen and oxygen atoms in total. The Balaban J connectivity index is 1.95. The van der Waals surface area contributed by atoms with Crippen LogP contribution in [0, 0.1) is 6.92 Å². The van der Waals surface area contributed by atoms with Gasteiger partial charge in [0, 0.05) is 0 Å². The highest BCUT2D eigenvalue weighted by atomic mass is 35.5. The van der Waals surface area contributed by atoms with Crippen LogP contribution in [-0.4, -0.2) is 18.5 Å². The van der Waals surface area contributed by atoms with Crippen molar-refractivity contribution in [3.8, 4) is 0 Å². The number of halogens is 2. The zero-order valence-electron chi connectivity index (χ0n) is 14.0. The maximum atomic E-state index is 12.1. The number of aryl methyl sites for hydroxylation is 1. The number of amides is 1. The van der Waals surface area contributed by atoms with Crippen LogP contribution in [0.25, 0.3) is 0 Å². The Hall–Kier alpha value is -2.04. The highest BCUT2D eigenvalue weighted by molar-refractivity contribution is 6.39. The standard InChI is InChI=1S/C19H19Cl2NO3/c1-3-16(13-9-7-12(2)8-10-13)22-17(23)11-25-19(24)18-14(20)5-4-6-15(18)21/h4-10,16H,3,11H2,1-2H3,(H,22,23)/t16-/m0/s1. The first-order chi connectivity index (χ1) is 11.9. The van der Waals surface area contributed by atoms with Crippen molar-refractivity contribution in [3.63, 3.8) is 0 Å². The monoisotopic (exact) mass is 379 g/mol. The second-order valence-electron chi connectivity index (χ2n) is 5.61. The number of carbonyl (C=O) groups is 2. The van der Waals surface area contributed by atoms with Crippen LogP contribution in [-0.2, 0) is 9.53 Å². The Bertz CT molecular complexity index is 740. The van der Waals surface area contributed by atoms with Crippen molar-refractivity contribution in [2.24, 2.45) is 0 Å². The second kappa shape index (κ2) is 8.88. The summed E-state index contributed by atoms with van der Waals surface area (Å²) in [7, 11) is 0. The summed E-state index contributed by atoms with van der Waals surface area (Å²) in [5, 5.41) is 3.22. The molecule has 25 heavy (non-hydrogen) atoms. The van der Waals surface area contributed by atoms with E-state index in [2.05, 4.69) is 5.32 Å². The van der Waals surface area contributed by atoms with E-state index in [0.29, 0.717) is 0 Å². The van der Waals surface area contributed by atoms with E-state index in [0.717, 1.165) is 17.5 Å². The highest BCUT2D eigenvalue weighted by Crippen LogP contribution is 2.25. The van der Waals surface area contributed by atoms with E-state index >= 15 is 0 Å². The molecule has 0 saturated heterocycles. The lowest BCUT2D eigenvalue weighted by Crippen LogP contribution is -2.32. The zero-order chi connectivity index (χ0) is 18.4. The Kier molecular flexibility index (Phi) is 6.85. The molecule has 1 N–H and O–H groups in total. The fourth-order valence-corrected chi connectivity index (χ4v) is 2.90. The fraction of sp³-hybridized carbons (Fsp3) is 0.263. The molecule has 132 valence electrons. The van der Waals surface area contributed by atoms with Crippen molar-refractivity contribution in [2.45, 2.75) is 26.3 Å². The van der Waals surface area contributed by atoms with Gasteiger partial charge in [0.2, 0.25) is 0 Å². The highest BCUT2D eigenvalue weighted by Gasteiger charge is 2.18. The fourth-order valence-electron chi connectivity index (χ4n) is 2.35. The molecule has 1 atom stereocenters. The van der Waals surface area contributed by atoms with Crippen LogP contribution in [0.1, 0.15) is 40.9 Å². The molecule has 0 unspecified atom stereocenters. The molecule has 0 aliphatic rings. The largest absolute Gasteiger partial charge is 0.452 e. The van der Waals surface area contributed by atoms with E-state index in [4.69, 9.17) is 27.9 Å². The molecule has 0 saturated carbocycles. The molecular formula is C19H19Cl2NO3. The molecule has 0 aromatic heterocycles. The predicted octanol–water partition coefficient (Wildman–Crippen LogP) is 4.73. The van der Waals surface area contributed by atoms with Gasteiger partial charge in [0.05, 0.1) is 21.7 Å². The number of esters is 1. The summed E-state index contributed by atoms with van der Waals surface area (Å²) >= 11 is 11.9. The molecule has 6 heteroatoms. The molecule has 0 aliphatic carbocycles. The van der Waals surface area contributed by atoms with Crippen LogP contribution in [0.3, 0.4) is 0 Å². The van der Waals surface area contributed by atoms with Gasteiger partial charge in [0.25, 0.3) is 5.91 Å². The Morgan fingerprint density at radius 2 is 1.68 bits per heavy atom. The number of ether oxygens (including phenoxy) is 1. The first-order valence-electron chi connectivity index (χ1n) is 7.89. The minimum absolute atomic E-state index is 0.0595. The van der Waals surface area contributed by atoms with Gasteiger partial charge in [0.1, 0.15) is 0 Å². The molecule has 1 amide bonds. The van der Waals surface area contributed by atoms with Gasteiger partial charge in [-0.3, -0.25) is 4.79 Å². The summed E-state index contributed by atoms with van der Waals surface area (Å²) in [6.07, 6.45) is 0.721. The summed E-state index contributed by atoms with van der Waals surface area (Å²) in [6, 6.07) is 12.5. The molecular weight excluding hydrogens is 361 g/mol. The van der Waals surface area contributed by atoms with E-state index < -0.39 is 12.6 Å². The lowest BCUT2D eigenvalue weighted by atomic mass is 10.0. The molecule has 2 rings (SSSR count). The SMILES string of the molecule is CC[C@H](NC(=O)COC(=O)c1c(Cl)cccc1Cl)c1ccc(C)cc1. The van der Waals surface area contributed by atoms with Crippen LogP contribution >= 0.6 is 23.2 Å². The molecule has 0 heterocycles. The quantitative estimate of drug-likeness (QED) is 0.738. The number of rotatable bonds is 6. The lowest BCUT2D eigenvalue weighted by Gasteiger charge is -2.18. The van der Waals surface area contributed by atoms with Crippen molar-refractivity contribution in [1.29, 1.82) is 0 Å². The molecule has 0 bridgehead atoms. The summed E-state index contributed by atoms with van der Waals surface area (Å²) in [5.41, 5.74) is 2.21. The third kappa shape index (κ3) is 5.21. The van der Waals surface area contributed by atoms with Gasteiger partial charge in [-0.2, -0.15) is 0 Å². The predicted molar refractivity (Wildman–Crippen MR) is 99.1 cm³/mol. The van der Waals surface area contributed by atoms with Gasteiger partial charge in [0.15, 0.2) is 6.61 Å². The maximum absolute atomic E-state index is 12.1. The van der Waals surface area contributed by atoms with Crippen molar-refractivity contribution >= 4 is 35.1 Å². The van der Waals surface area contributed by atoms with Crippen molar-refractivity contribution in [3.05, 3.63) is 69.2 Å². The molecule has 0 spiro atoms. The lowest BCUT2D eigenvalue weighted by molar-refractivity contribution is -0.125. The third-order valence-electron chi connectivity index (χ3n) is 3.72. The van der Waals surface area contributed by atoms with Gasteiger partial charge in [-0.1, -0.05) is 66.0 Å². The second-order valence-corrected chi connectivity index (χ2v) is 6.43. The van der Waals surface area contributed by atoms with Gasteiger partial charge in [-0.05, 0) is 31.0 Å². The molecule has 0 radical (unpaired) electrons. The summed E-state index contributed by atoms with van der Waals surface area (Å²) in [4.78, 5) is 24.2. The summed E-state index contributed by atoms with van der Waals surface area (Å²) < 4.78 is 5.03. The van der Waals surface area contributed by atoms with Gasteiger partial charge >= 0.3 is 5.97 Å². The van der Waals surface area contributed by atoms with Crippen molar-refractivity contribution in [1.82, 2.24) is 5.32 Å². The van der Waals surface area contributed by atoms with E-state index in [-0.39, 0.29) is 27.6 Å². The van der Waals surface area contributed by atoms with Crippen LogP contribution in [0.4, 0.5) is 0 Å². The summed E-state index contributed by atoms with van der Waals surface area (Å²) in [5.74, 6) is -1.11. The zero-order valence-corrected chi connectivity index (χ0v) is 15.5. The normalized spacial score (nSPS) is 11.7. The summed E-state index contributed by atoms with van der Waals surface area (Å²) in [6.45, 7) is 3.58. The average molecular weight is 380 g/mol. The number of carbonyl (C=O) groups excluding carboxylic acids is 2. The van der Waals surface area contributed by atoms with Crippen LogP contribution in [0.15, 0.2) is 42.5 Å². The molecule has 2 aromatic carbocycles. The first-order valence-corrected chi connectivity index (χ1v) is 8.65. The first kappa shape index (κ1) is 19.3. The number of hydrogen-bond donors (Lipinski definition) is 1. The van der Waals surface area contributed by atoms with E-state index in [9.17, 15) is 9.59 Å². The number of hydrogen-bond acceptors (Lipinski definition) is 3. The smallest absolute Gasteiger partial charge is 0.341 e. The van der Waals surface area contributed by atoms with Crippen LogP contribution in [0.5, 0.6) is 0 Å². The maximum Gasteiger partial charge on any atom is 0.341 e. The van der Waals surface area contributed by atoms with Crippen LogP contribution in [0.2, 0.25) is 10.0 Å². The molecule has 0 fully saturated rings. The Morgan fingerprint density at radius 1 is 1.08 bits per heavy atom. The Labute approximate surface area is 157 Å². The van der Waals surface area contributed by atoms with E-state index in [1.54, 1.807) is 6.07 Å².